The van der Waals surface area contributed by atoms with Crippen LogP contribution in [-0.2, 0) is 0 Å². The highest BCUT2D eigenvalue weighted by molar-refractivity contribution is 5.84. The Morgan fingerprint density at radius 1 is 1.07 bits per heavy atom. The summed E-state index contributed by atoms with van der Waals surface area (Å²) >= 11 is 0. The molecule has 0 aromatic rings. The average molecular weight is 199 g/mol. The normalized spacial score (nSPS) is 26.6. The third kappa shape index (κ3) is 3.47. The van der Waals surface area contributed by atoms with Crippen LogP contribution in [0.5, 0.6) is 0 Å². The molecule has 2 atom stereocenters. The van der Waals surface area contributed by atoms with Gasteiger partial charge in [0.25, 0.3) is 0 Å². The van der Waals surface area contributed by atoms with Gasteiger partial charge < -0.3 is 10.2 Å². The van der Waals surface area contributed by atoms with Crippen molar-refractivity contribution in [3.8, 4) is 0 Å². The van der Waals surface area contributed by atoms with Gasteiger partial charge in [0.2, 0.25) is 0 Å². The molecule has 1 saturated carbocycles. The molecule has 2 aliphatic rings. The van der Waals surface area contributed by atoms with Crippen LogP contribution in [0.4, 0.5) is 9.59 Å². The predicted octanol–water partition coefficient (Wildman–Crippen LogP) is 1.90. The summed E-state index contributed by atoms with van der Waals surface area (Å²) < 4.78 is 0. The van der Waals surface area contributed by atoms with Crippen molar-refractivity contribution in [2.75, 3.05) is 0 Å². The number of carboxylic acid groups (broad SMARTS) is 2. The van der Waals surface area contributed by atoms with Crippen molar-refractivity contribution < 1.29 is 19.8 Å². The van der Waals surface area contributed by atoms with Gasteiger partial charge in [0.15, 0.2) is 0 Å². The molecular weight excluding hydrogens is 186 g/mol. The molecule has 0 aliphatic heterocycles. The maximum atomic E-state index is 9.32. The Kier molecular flexibility index (Phi) is 3.50. The first-order valence-corrected chi connectivity index (χ1v) is 4.49. The fourth-order valence-corrected chi connectivity index (χ4v) is 1.81. The van der Waals surface area contributed by atoms with Crippen molar-refractivity contribution >= 4 is 12.2 Å². The lowest BCUT2D eigenvalue weighted by Crippen LogP contribution is -2.26. The van der Waals surface area contributed by atoms with E-state index in [1.165, 1.54) is 19.3 Å². The number of carbonyl (C=O) groups is 2. The van der Waals surface area contributed by atoms with Crippen LogP contribution in [0.3, 0.4) is 0 Å². The Hall–Kier alpha value is -1.52. The molecule has 2 rings (SSSR count). The average Bonchev–Trinajstić information content (AvgIpc) is 2.63. The van der Waals surface area contributed by atoms with E-state index in [1.54, 1.807) is 0 Å². The summed E-state index contributed by atoms with van der Waals surface area (Å²) in [5.41, 5.74) is 0. The molecule has 0 aromatic carbocycles. The van der Waals surface area contributed by atoms with Crippen molar-refractivity contribution in [1.82, 2.24) is 5.32 Å². The molecular formula is C9H13NO4. The summed E-state index contributed by atoms with van der Waals surface area (Å²) in [7, 11) is 0. The highest BCUT2D eigenvalue weighted by Crippen LogP contribution is 2.38. The minimum absolute atomic E-state index is 0.991. The molecule has 0 saturated heterocycles. The van der Waals surface area contributed by atoms with E-state index in [9.17, 15) is 9.59 Å². The summed E-state index contributed by atoms with van der Waals surface area (Å²) in [4.78, 5) is 18.6. The van der Waals surface area contributed by atoms with Crippen LogP contribution in [0.15, 0.2) is 12.2 Å². The second kappa shape index (κ2) is 4.64. The predicted molar refractivity (Wildman–Crippen MR) is 49.2 cm³/mol. The number of rotatable bonds is 0. The minimum Gasteiger partial charge on any atom is -0.465 e. The van der Waals surface area contributed by atoms with Crippen LogP contribution in [0, 0.1) is 11.8 Å². The van der Waals surface area contributed by atoms with Gasteiger partial charge in [0, 0.05) is 0 Å². The molecule has 78 valence electrons. The van der Waals surface area contributed by atoms with E-state index in [0.717, 1.165) is 17.2 Å². The third-order valence-corrected chi connectivity index (χ3v) is 2.38. The molecule has 5 heteroatoms. The molecule has 5 nitrogen and oxygen atoms in total. The van der Waals surface area contributed by atoms with Gasteiger partial charge in [0.05, 0.1) is 0 Å². The standard InChI is InChI=1S/C7H10.C2H3NO4/c1-2-7-4-3-6(1)5-7;4-1(5)3-2(6)7/h1-2,6-7H,3-5H2;3H,(H,4,5)(H,6,7). The summed E-state index contributed by atoms with van der Waals surface area (Å²) in [5, 5.41) is 16.3. The van der Waals surface area contributed by atoms with E-state index in [4.69, 9.17) is 10.2 Å². The third-order valence-electron chi connectivity index (χ3n) is 2.38. The van der Waals surface area contributed by atoms with Crippen LogP contribution in [0.1, 0.15) is 19.3 Å². The molecule has 0 aromatic heterocycles. The number of amides is 2. The second-order valence-corrected chi connectivity index (χ2v) is 3.45. The number of nitrogens with one attached hydrogen (secondary N) is 1. The number of hydrogen-bond acceptors (Lipinski definition) is 2. The second-order valence-electron chi connectivity index (χ2n) is 3.45. The Morgan fingerprint density at radius 2 is 1.50 bits per heavy atom. The van der Waals surface area contributed by atoms with E-state index in [-0.39, 0.29) is 0 Å². The first-order valence-electron chi connectivity index (χ1n) is 4.49. The van der Waals surface area contributed by atoms with Crippen LogP contribution >= 0.6 is 0 Å². The van der Waals surface area contributed by atoms with Crippen molar-refractivity contribution in [2.24, 2.45) is 11.8 Å². The van der Waals surface area contributed by atoms with Crippen molar-refractivity contribution in [2.45, 2.75) is 19.3 Å². The van der Waals surface area contributed by atoms with E-state index in [1.807, 2.05) is 0 Å². The zero-order chi connectivity index (χ0) is 10.6. The lowest BCUT2D eigenvalue weighted by molar-refractivity contribution is 0.174. The van der Waals surface area contributed by atoms with Gasteiger partial charge in [0.1, 0.15) is 0 Å². The molecule has 2 aliphatic carbocycles. The van der Waals surface area contributed by atoms with Gasteiger partial charge in [-0.1, -0.05) is 12.2 Å². The van der Waals surface area contributed by atoms with Crippen LogP contribution < -0.4 is 5.32 Å². The highest BCUT2D eigenvalue weighted by atomic mass is 16.4. The van der Waals surface area contributed by atoms with Crippen molar-refractivity contribution in [3.63, 3.8) is 0 Å². The van der Waals surface area contributed by atoms with Crippen LogP contribution in [0.25, 0.3) is 0 Å². The van der Waals surface area contributed by atoms with Crippen molar-refractivity contribution in [1.29, 1.82) is 0 Å². The molecule has 0 radical (unpaired) electrons. The molecule has 0 heterocycles. The Labute approximate surface area is 81.4 Å². The monoisotopic (exact) mass is 199 g/mol. The molecule has 14 heavy (non-hydrogen) atoms. The maximum Gasteiger partial charge on any atom is 0.414 e. The zero-order valence-corrected chi connectivity index (χ0v) is 7.64. The molecule has 2 bridgehead atoms. The molecule has 1 fully saturated rings. The number of hydrogen-bond donors (Lipinski definition) is 3. The Bertz CT molecular complexity index is 238. The van der Waals surface area contributed by atoms with Gasteiger partial charge in [-0.15, -0.1) is 0 Å². The topological polar surface area (TPSA) is 86.6 Å². The van der Waals surface area contributed by atoms with E-state index < -0.39 is 12.2 Å². The maximum absolute atomic E-state index is 9.32. The quantitative estimate of drug-likeness (QED) is 0.520. The zero-order valence-electron chi connectivity index (χ0n) is 7.64. The summed E-state index contributed by atoms with van der Waals surface area (Å²) in [5.74, 6) is 1.98. The van der Waals surface area contributed by atoms with E-state index in [0.29, 0.717) is 0 Å². The van der Waals surface area contributed by atoms with Gasteiger partial charge >= 0.3 is 12.2 Å². The Balaban J connectivity index is 0.000000140. The molecule has 3 N–H and O–H groups in total. The lowest BCUT2D eigenvalue weighted by Gasteiger charge is -1.96. The first-order chi connectivity index (χ1) is 6.58. The fourth-order valence-electron chi connectivity index (χ4n) is 1.81. The van der Waals surface area contributed by atoms with E-state index in [2.05, 4.69) is 12.2 Å². The largest absolute Gasteiger partial charge is 0.465 e. The Morgan fingerprint density at radius 3 is 1.57 bits per heavy atom. The summed E-state index contributed by atoms with van der Waals surface area (Å²) in [6, 6.07) is 0. The smallest absolute Gasteiger partial charge is 0.414 e. The van der Waals surface area contributed by atoms with Crippen molar-refractivity contribution in [3.05, 3.63) is 12.2 Å². The number of fused-ring (bicyclic) bond motifs is 2. The van der Waals surface area contributed by atoms with Gasteiger partial charge in [-0.05, 0) is 31.1 Å². The summed E-state index contributed by atoms with van der Waals surface area (Å²) in [6.45, 7) is 0. The van der Waals surface area contributed by atoms with Crippen LogP contribution in [0.2, 0.25) is 0 Å². The SMILES string of the molecule is C1=CC2CCC1C2.O=C(O)NC(=O)O. The highest BCUT2D eigenvalue weighted by Gasteiger charge is 2.25. The number of imide groups is 1. The minimum atomic E-state index is -1.56. The molecule has 2 unspecified atom stereocenters. The van der Waals surface area contributed by atoms with Gasteiger partial charge in [-0.25, -0.2) is 14.9 Å². The van der Waals surface area contributed by atoms with Gasteiger partial charge in [-0.2, -0.15) is 0 Å². The molecule has 0 spiro atoms. The van der Waals surface area contributed by atoms with E-state index >= 15 is 0 Å². The van der Waals surface area contributed by atoms with Gasteiger partial charge in [-0.3, -0.25) is 0 Å². The summed E-state index contributed by atoms with van der Waals surface area (Å²) in [6.07, 6.45) is 6.06. The van der Waals surface area contributed by atoms with Crippen LogP contribution in [-0.4, -0.2) is 22.4 Å². The number of allylic oxidation sites excluding steroid dienone is 2. The lowest BCUT2D eigenvalue weighted by atomic mass is 10.1. The fraction of sp³-hybridized carbons (Fsp3) is 0.556. The first kappa shape index (κ1) is 10.6. The molecule has 2 amide bonds.